The van der Waals surface area contributed by atoms with Crippen LogP contribution in [0.3, 0.4) is 0 Å². The van der Waals surface area contributed by atoms with Gasteiger partial charge in [-0.1, -0.05) is 58.9 Å². The molecule has 5 fully saturated rings. The first-order valence-corrected chi connectivity index (χ1v) is 17.2. The Labute approximate surface area is 264 Å². The number of carboxylic acid groups (broad SMARTS) is 1. The highest BCUT2D eigenvalue weighted by Crippen LogP contribution is 2.77. The van der Waals surface area contributed by atoms with Gasteiger partial charge in [0.1, 0.15) is 0 Å². The SMILES string of the molecule is C=C(C)[C@@H]1CC[C@]2(C(=O)O)CC[C@]3(C)[C@H](CC[C@@H]4[C@@]5(C)CC[C@H](C(=O)/C=C/c6ccc(O)c(O)c6)C(C)(C)[C@@H]5CC[C@]43C)[C@@H]12. The molecule has 0 spiro atoms. The van der Waals surface area contributed by atoms with Gasteiger partial charge in [0.05, 0.1) is 5.41 Å². The largest absolute Gasteiger partial charge is 0.504 e. The number of phenolic OH excluding ortho intramolecular Hbond substituents is 2. The van der Waals surface area contributed by atoms with Crippen LogP contribution in [0.25, 0.3) is 6.08 Å². The number of aromatic hydroxyl groups is 2. The van der Waals surface area contributed by atoms with Gasteiger partial charge in [-0.15, -0.1) is 0 Å². The third kappa shape index (κ3) is 4.15. The number of aliphatic carboxylic acids is 1. The Morgan fingerprint density at radius 2 is 1.57 bits per heavy atom. The van der Waals surface area contributed by atoms with E-state index in [0.29, 0.717) is 29.2 Å². The zero-order valence-corrected chi connectivity index (χ0v) is 27.8. The smallest absolute Gasteiger partial charge is 0.309 e. The van der Waals surface area contributed by atoms with Crippen LogP contribution in [0.5, 0.6) is 11.5 Å². The molecule has 1 aromatic rings. The first-order valence-electron chi connectivity index (χ1n) is 17.2. The van der Waals surface area contributed by atoms with Gasteiger partial charge in [0.25, 0.3) is 0 Å². The second-order valence-electron chi connectivity index (χ2n) is 17.0. The molecule has 0 aliphatic heterocycles. The van der Waals surface area contributed by atoms with E-state index in [2.05, 4.69) is 48.1 Å². The molecule has 5 nitrogen and oxygen atoms in total. The number of carboxylic acids is 1. The van der Waals surface area contributed by atoms with Gasteiger partial charge in [0, 0.05) is 5.92 Å². The maximum atomic E-state index is 13.7. The Morgan fingerprint density at radius 1 is 0.841 bits per heavy atom. The summed E-state index contributed by atoms with van der Waals surface area (Å²) in [5.41, 5.74) is 1.50. The number of carbonyl (C=O) groups is 2. The molecule has 0 bridgehead atoms. The van der Waals surface area contributed by atoms with E-state index < -0.39 is 11.4 Å². The molecule has 5 saturated carbocycles. The highest BCUT2D eigenvalue weighted by atomic mass is 16.4. The van der Waals surface area contributed by atoms with Gasteiger partial charge in [-0.2, -0.15) is 0 Å². The fourth-order valence-electron chi connectivity index (χ4n) is 13.0. The third-order valence-electron chi connectivity index (χ3n) is 15.3. The van der Waals surface area contributed by atoms with Gasteiger partial charge in [-0.25, -0.2) is 0 Å². The number of rotatable bonds is 5. The van der Waals surface area contributed by atoms with Gasteiger partial charge in [0.2, 0.25) is 0 Å². The van der Waals surface area contributed by atoms with Crippen molar-refractivity contribution in [2.75, 3.05) is 0 Å². The van der Waals surface area contributed by atoms with Crippen LogP contribution in [0, 0.1) is 62.6 Å². The molecule has 44 heavy (non-hydrogen) atoms. The van der Waals surface area contributed by atoms with Crippen LogP contribution < -0.4 is 0 Å². The Morgan fingerprint density at radius 3 is 2.23 bits per heavy atom. The average molecular weight is 603 g/mol. The van der Waals surface area contributed by atoms with E-state index in [4.69, 9.17) is 0 Å². The van der Waals surface area contributed by atoms with Crippen molar-refractivity contribution < 1.29 is 24.9 Å². The topological polar surface area (TPSA) is 94.8 Å². The molecule has 5 aliphatic rings. The summed E-state index contributed by atoms with van der Waals surface area (Å²) in [6, 6.07) is 4.64. The van der Waals surface area contributed by atoms with Crippen LogP contribution in [-0.4, -0.2) is 27.1 Å². The van der Waals surface area contributed by atoms with Crippen molar-refractivity contribution in [3.05, 3.63) is 42.0 Å². The molecular formula is C39H54O5. The molecule has 0 heterocycles. The minimum atomic E-state index is -0.592. The Balaban J connectivity index is 1.28. The highest BCUT2D eigenvalue weighted by molar-refractivity contribution is 5.96. The fourth-order valence-corrected chi connectivity index (χ4v) is 13.0. The van der Waals surface area contributed by atoms with Crippen molar-refractivity contribution in [2.24, 2.45) is 62.6 Å². The monoisotopic (exact) mass is 602 g/mol. The van der Waals surface area contributed by atoms with Crippen molar-refractivity contribution in [3.8, 4) is 11.5 Å². The molecule has 1 aromatic carbocycles. The molecule has 10 atom stereocenters. The van der Waals surface area contributed by atoms with Gasteiger partial charge < -0.3 is 15.3 Å². The Hall–Kier alpha value is -2.56. The maximum absolute atomic E-state index is 13.7. The number of phenols is 2. The molecule has 0 saturated heterocycles. The van der Waals surface area contributed by atoms with Crippen LogP contribution in [0.15, 0.2) is 36.4 Å². The summed E-state index contributed by atoms with van der Waals surface area (Å²) < 4.78 is 0. The molecule has 5 heteroatoms. The quantitative estimate of drug-likeness (QED) is 0.178. The van der Waals surface area contributed by atoms with Crippen molar-refractivity contribution in [2.45, 2.75) is 106 Å². The molecule has 0 aromatic heterocycles. The molecule has 6 rings (SSSR count). The van der Waals surface area contributed by atoms with E-state index in [0.717, 1.165) is 64.2 Å². The molecule has 3 N–H and O–H groups in total. The summed E-state index contributed by atoms with van der Waals surface area (Å²) in [6.45, 7) is 18.8. The summed E-state index contributed by atoms with van der Waals surface area (Å²) >= 11 is 0. The number of carbonyl (C=O) groups excluding carboxylic acids is 1. The fraction of sp³-hybridized carbons (Fsp3) is 0.692. The lowest BCUT2D eigenvalue weighted by Gasteiger charge is -2.72. The van der Waals surface area contributed by atoms with E-state index in [-0.39, 0.29) is 50.8 Å². The first-order chi connectivity index (χ1) is 20.5. The summed E-state index contributed by atoms with van der Waals surface area (Å²) in [4.78, 5) is 26.7. The standard InChI is InChI=1S/C39H54O5/c1-23(2)25-14-19-39(34(43)44)21-20-37(6)27(33(25)39)10-13-32-36(5)17-15-26(35(3,4)31(36)16-18-38(32,37)7)28(40)11-8-24-9-12-29(41)30(42)22-24/h8-9,11-12,22,25-27,31-33,41-42H,1,10,13-21H2,2-7H3,(H,43,44)/b11-8+/t25-,26+,27+,31-,32+,33+,36-,37+,38+,39-/m0/s1. The lowest BCUT2D eigenvalue weighted by atomic mass is 9.32. The molecule has 0 amide bonds. The minimum absolute atomic E-state index is 0.0560. The normalized spacial score (nSPS) is 44.2. The third-order valence-corrected chi connectivity index (χ3v) is 15.3. The summed E-state index contributed by atoms with van der Waals surface area (Å²) in [6.07, 6.45) is 13.4. The highest BCUT2D eigenvalue weighted by Gasteiger charge is 2.72. The summed E-state index contributed by atoms with van der Waals surface area (Å²) in [7, 11) is 0. The number of ketones is 1. The van der Waals surface area contributed by atoms with Gasteiger partial charge in [-0.05, 0) is 146 Å². The zero-order valence-electron chi connectivity index (χ0n) is 27.8. The lowest BCUT2D eigenvalue weighted by molar-refractivity contribution is -0.242. The van der Waals surface area contributed by atoms with E-state index in [9.17, 15) is 24.9 Å². The second kappa shape index (κ2) is 10.2. The number of benzene rings is 1. The molecule has 0 radical (unpaired) electrons. The lowest BCUT2D eigenvalue weighted by Crippen LogP contribution is -2.66. The van der Waals surface area contributed by atoms with Crippen LogP contribution in [0.2, 0.25) is 0 Å². The van der Waals surface area contributed by atoms with Crippen LogP contribution in [-0.2, 0) is 9.59 Å². The van der Waals surface area contributed by atoms with Crippen molar-refractivity contribution in [3.63, 3.8) is 0 Å². The second-order valence-corrected chi connectivity index (χ2v) is 17.0. The average Bonchev–Trinajstić information content (AvgIpc) is 3.35. The van der Waals surface area contributed by atoms with Crippen LogP contribution in [0.4, 0.5) is 0 Å². The Bertz CT molecular complexity index is 1410. The van der Waals surface area contributed by atoms with E-state index in [1.165, 1.54) is 17.7 Å². The molecule has 5 aliphatic carbocycles. The molecular weight excluding hydrogens is 548 g/mol. The van der Waals surface area contributed by atoms with E-state index in [1.807, 2.05) is 0 Å². The van der Waals surface area contributed by atoms with Crippen molar-refractivity contribution >= 4 is 17.8 Å². The number of hydrogen-bond acceptors (Lipinski definition) is 4. The minimum Gasteiger partial charge on any atom is -0.504 e. The van der Waals surface area contributed by atoms with Gasteiger partial charge in [0.15, 0.2) is 17.3 Å². The first kappa shape index (κ1) is 31.4. The predicted molar refractivity (Wildman–Crippen MR) is 174 cm³/mol. The van der Waals surface area contributed by atoms with Gasteiger partial charge in [-0.3, -0.25) is 9.59 Å². The molecule has 0 unspecified atom stereocenters. The number of hydrogen-bond donors (Lipinski definition) is 3. The van der Waals surface area contributed by atoms with E-state index in [1.54, 1.807) is 18.2 Å². The van der Waals surface area contributed by atoms with Crippen LogP contribution in [0.1, 0.15) is 111 Å². The number of allylic oxidation sites excluding steroid dienone is 2. The summed E-state index contributed by atoms with van der Waals surface area (Å²) in [5, 5.41) is 30.2. The maximum Gasteiger partial charge on any atom is 0.309 e. The summed E-state index contributed by atoms with van der Waals surface area (Å²) in [5.74, 6) is 1.08. The van der Waals surface area contributed by atoms with Gasteiger partial charge >= 0.3 is 5.97 Å². The number of fused-ring (bicyclic) bond motifs is 7. The van der Waals surface area contributed by atoms with Crippen LogP contribution >= 0.6 is 0 Å². The zero-order chi connectivity index (χ0) is 32.0. The molecule has 240 valence electrons. The van der Waals surface area contributed by atoms with Crippen molar-refractivity contribution in [1.29, 1.82) is 0 Å². The van der Waals surface area contributed by atoms with E-state index >= 15 is 0 Å². The van der Waals surface area contributed by atoms with Crippen molar-refractivity contribution in [1.82, 2.24) is 0 Å². The Kier molecular flexibility index (Phi) is 7.30. The predicted octanol–water partition coefficient (Wildman–Crippen LogP) is 9.04.